The molecule has 0 aliphatic carbocycles. The molecular formula is C25H27N5O2S. The highest BCUT2D eigenvalue weighted by Crippen LogP contribution is 2.29. The van der Waals surface area contributed by atoms with Crippen LogP contribution in [-0.4, -0.2) is 51.4 Å². The van der Waals surface area contributed by atoms with Gasteiger partial charge in [0.25, 0.3) is 5.22 Å². The van der Waals surface area contributed by atoms with Gasteiger partial charge in [0.2, 0.25) is 11.8 Å². The summed E-state index contributed by atoms with van der Waals surface area (Å²) in [5.41, 5.74) is 5.64. The van der Waals surface area contributed by atoms with E-state index in [1.807, 2.05) is 29.2 Å². The molecule has 0 unspecified atom stereocenters. The molecule has 4 aromatic rings. The van der Waals surface area contributed by atoms with Crippen LogP contribution in [0.1, 0.15) is 25.1 Å². The zero-order valence-electron chi connectivity index (χ0n) is 18.9. The molecular weight excluding hydrogens is 434 g/mol. The molecule has 0 radical (unpaired) electrons. The standard InChI is InChI=1S/C25H27N5O2S/c1-3-29(4-2)18-11-9-17(10-12-18)24-27-28-25(32-24)33-16-23(31)30-14-13-22-20(15-30)19-7-5-6-8-21(19)26-22/h5-12,26H,3-4,13-16H2,1-2H3. The van der Waals surface area contributed by atoms with Gasteiger partial charge in [-0.25, -0.2) is 0 Å². The van der Waals surface area contributed by atoms with Crippen LogP contribution in [0.3, 0.4) is 0 Å². The van der Waals surface area contributed by atoms with E-state index in [1.54, 1.807) is 0 Å². The predicted octanol–water partition coefficient (Wildman–Crippen LogP) is 4.74. The van der Waals surface area contributed by atoms with E-state index in [1.165, 1.54) is 34.1 Å². The molecule has 5 rings (SSSR count). The first-order valence-electron chi connectivity index (χ1n) is 11.3. The Morgan fingerprint density at radius 2 is 1.91 bits per heavy atom. The van der Waals surface area contributed by atoms with Crippen molar-refractivity contribution in [2.45, 2.75) is 32.0 Å². The number of amides is 1. The van der Waals surface area contributed by atoms with E-state index in [0.717, 1.165) is 30.6 Å². The third-order valence-electron chi connectivity index (χ3n) is 6.20. The Morgan fingerprint density at radius 3 is 2.70 bits per heavy atom. The van der Waals surface area contributed by atoms with Gasteiger partial charge in [0, 0.05) is 66.0 Å². The Hall–Kier alpha value is -3.26. The molecule has 0 spiro atoms. The third kappa shape index (κ3) is 4.35. The van der Waals surface area contributed by atoms with Gasteiger partial charge in [-0.15, -0.1) is 10.2 Å². The van der Waals surface area contributed by atoms with Crippen LogP contribution >= 0.6 is 11.8 Å². The maximum atomic E-state index is 12.9. The molecule has 0 saturated carbocycles. The lowest BCUT2D eigenvalue weighted by molar-refractivity contribution is -0.129. The smallest absolute Gasteiger partial charge is 0.277 e. The van der Waals surface area contributed by atoms with Crippen molar-refractivity contribution >= 4 is 34.3 Å². The molecule has 3 heterocycles. The molecule has 0 saturated heterocycles. The topological polar surface area (TPSA) is 78.3 Å². The number of hydrogen-bond donors (Lipinski definition) is 1. The predicted molar refractivity (Wildman–Crippen MR) is 131 cm³/mol. The van der Waals surface area contributed by atoms with Crippen LogP contribution in [0.5, 0.6) is 0 Å². The third-order valence-corrected chi connectivity index (χ3v) is 7.01. The lowest BCUT2D eigenvalue weighted by Gasteiger charge is -2.27. The van der Waals surface area contributed by atoms with Crippen LogP contribution in [-0.2, 0) is 17.8 Å². The normalized spacial score (nSPS) is 13.3. The number of carbonyl (C=O) groups is 1. The first-order valence-corrected chi connectivity index (χ1v) is 12.3. The minimum atomic E-state index is 0.0826. The van der Waals surface area contributed by atoms with E-state index in [0.29, 0.717) is 24.2 Å². The fraction of sp³-hybridized carbons (Fsp3) is 0.320. The summed E-state index contributed by atoms with van der Waals surface area (Å²) in [6.07, 6.45) is 0.842. The maximum absolute atomic E-state index is 12.9. The number of aromatic amines is 1. The summed E-state index contributed by atoms with van der Waals surface area (Å²) < 4.78 is 5.81. The van der Waals surface area contributed by atoms with Gasteiger partial charge < -0.3 is 19.2 Å². The van der Waals surface area contributed by atoms with Gasteiger partial charge in [-0.1, -0.05) is 30.0 Å². The maximum Gasteiger partial charge on any atom is 0.277 e. The Morgan fingerprint density at radius 1 is 1.12 bits per heavy atom. The number of carbonyl (C=O) groups excluding carboxylic acids is 1. The molecule has 2 aromatic carbocycles. The van der Waals surface area contributed by atoms with Crippen molar-refractivity contribution in [3.8, 4) is 11.5 Å². The first kappa shape index (κ1) is 21.6. The van der Waals surface area contributed by atoms with Gasteiger partial charge in [-0.2, -0.15) is 0 Å². The van der Waals surface area contributed by atoms with Crippen LogP contribution < -0.4 is 4.90 Å². The van der Waals surface area contributed by atoms with Gasteiger partial charge in [-0.05, 0) is 44.2 Å². The molecule has 1 aliphatic rings. The van der Waals surface area contributed by atoms with E-state index in [2.05, 4.69) is 58.2 Å². The number of hydrogen-bond acceptors (Lipinski definition) is 6. The van der Waals surface area contributed by atoms with E-state index in [4.69, 9.17) is 4.42 Å². The van der Waals surface area contributed by atoms with Gasteiger partial charge in [-0.3, -0.25) is 4.79 Å². The molecule has 1 N–H and O–H groups in total. The number of nitrogens with one attached hydrogen (secondary N) is 1. The van der Waals surface area contributed by atoms with Crippen molar-refractivity contribution in [1.29, 1.82) is 0 Å². The van der Waals surface area contributed by atoms with Crippen LogP contribution in [0, 0.1) is 0 Å². The number of aromatic nitrogens is 3. The van der Waals surface area contributed by atoms with Crippen LogP contribution in [0.25, 0.3) is 22.4 Å². The average Bonchev–Trinajstić information content (AvgIpc) is 3.48. The summed E-state index contributed by atoms with van der Waals surface area (Å²) in [7, 11) is 0. The number of nitrogens with zero attached hydrogens (tertiary/aromatic N) is 4. The molecule has 0 bridgehead atoms. The molecule has 2 aromatic heterocycles. The lowest BCUT2D eigenvalue weighted by atomic mass is 10.0. The lowest BCUT2D eigenvalue weighted by Crippen LogP contribution is -2.36. The Labute approximate surface area is 197 Å². The molecule has 1 aliphatic heterocycles. The summed E-state index contributed by atoms with van der Waals surface area (Å²) in [6.45, 7) is 7.56. The van der Waals surface area contributed by atoms with E-state index < -0.39 is 0 Å². The number of fused-ring (bicyclic) bond motifs is 3. The minimum Gasteiger partial charge on any atom is -0.411 e. The van der Waals surface area contributed by atoms with Crippen LogP contribution in [0.4, 0.5) is 5.69 Å². The van der Waals surface area contributed by atoms with Crippen LogP contribution in [0.2, 0.25) is 0 Å². The zero-order chi connectivity index (χ0) is 22.8. The van der Waals surface area contributed by atoms with Crippen molar-refractivity contribution in [2.75, 3.05) is 30.3 Å². The summed E-state index contributed by atoms with van der Waals surface area (Å²) in [5.74, 6) is 0.831. The van der Waals surface area contributed by atoms with E-state index in [-0.39, 0.29) is 11.7 Å². The Kier molecular flexibility index (Phi) is 6.09. The average molecular weight is 462 g/mol. The largest absolute Gasteiger partial charge is 0.411 e. The molecule has 33 heavy (non-hydrogen) atoms. The number of H-pyrrole nitrogens is 1. The molecule has 1 amide bonds. The van der Waals surface area contributed by atoms with Gasteiger partial charge in [0.1, 0.15) is 0 Å². The number of para-hydroxylation sites is 1. The van der Waals surface area contributed by atoms with Crippen LogP contribution in [0.15, 0.2) is 58.2 Å². The van der Waals surface area contributed by atoms with Crippen molar-refractivity contribution < 1.29 is 9.21 Å². The highest BCUT2D eigenvalue weighted by atomic mass is 32.2. The van der Waals surface area contributed by atoms with Crippen molar-refractivity contribution in [3.63, 3.8) is 0 Å². The molecule has 7 nitrogen and oxygen atoms in total. The monoisotopic (exact) mass is 461 g/mol. The summed E-state index contributed by atoms with van der Waals surface area (Å²) in [4.78, 5) is 20.6. The van der Waals surface area contributed by atoms with Gasteiger partial charge in [0.15, 0.2) is 0 Å². The van der Waals surface area contributed by atoms with Gasteiger partial charge in [0.05, 0.1) is 5.75 Å². The summed E-state index contributed by atoms with van der Waals surface area (Å²) >= 11 is 1.29. The van der Waals surface area contributed by atoms with E-state index >= 15 is 0 Å². The SMILES string of the molecule is CCN(CC)c1ccc(-c2nnc(SCC(=O)N3CCc4[nH]c5ccccc5c4C3)o2)cc1. The Bertz CT molecular complexity index is 1260. The first-order chi connectivity index (χ1) is 16.2. The molecule has 8 heteroatoms. The minimum absolute atomic E-state index is 0.0826. The highest BCUT2D eigenvalue weighted by Gasteiger charge is 2.24. The molecule has 170 valence electrons. The van der Waals surface area contributed by atoms with E-state index in [9.17, 15) is 4.79 Å². The van der Waals surface area contributed by atoms with Crippen molar-refractivity contribution in [3.05, 3.63) is 59.8 Å². The fourth-order valence-corrected chi connectivity index (χ4v) is 5.05. The van der Waals surface area contributed by atoms with Crippen molar-refractivity contribution in [1.82, 2.24) is 20.1 Å². The summed E-state index contributed by atoms with van der Waals surface area (Å²) in [5, 5.41) is 9.91. The molecule has 0 fully saturated rings. The quantitative estimate of drug-likeness (QED) is 0.401. The number of rotatable bonds is 7. The Balaban J connectivity index is 1.21. The second-order valence-electron chi connectivity index (χ2n) is 8.07. The number of benzene rings is 2. The number of thioether (sulfide) groups is 1. The highest BCUT2D eigenvalue weighted by molar-refractivity contribution is 7.99. The van der Waals surface area contributed by atoms with Gasteiger partial charge >= 0.3 is 0 Å². The second-order valence-corrected chi connectivity index (χ2v) is 9.00. The molecule has 0 atom stereocenters. The second kappa shape index (κ2) is 9.31. The number of anilines is 1. The fourth-order valence-electron chi connectivity index (χ4n) is 4.38. The zero-order valence-corrected chi connectivity index (χ0v) is 19.7. The van der Waals surface area contributed by atoms with Crippen molar-refractivity contribution in [2.24, 2.45) is 0 Å². The summed E-state index contributed by atoms with van der Waals surface area (Å²) in [6, 6.07) is 16.4.